The predicted molar refractivity (Wildman–Crippen MR) is 85.1 cm³/mol. The van der Waals surface area contributed by atoms with Crippen LogP contribution >= 0.6 is 12.4 Å². The Bertz CT molecular complexity index is 580. The minimum Gasteiger partial charge on any atom is -0.326 e. The van der Waals surface area contributed by atoms with Crippen LogP contribution in [-0.2, 0) is 0 Å². The van der Waals surface area contributed by atoms with Crippen LogP contribution in [0.5, 0.6) is 0 Å². The third-order valence-electron chi connectivity index (χ3n) is 4.42. The summed E-state index contributed by atoms with van der Waals surface area (Å²) in [6, 6.07) is 18.3. The van der Waals surface area contributed by atoms with Crippen molar-refractivity contribution in [2.24, 2.45) is 5.73 Å². The maximum Gasteiger partial charge on any atom is 0.0614 e. The zero-order valence-corrected chi connectivity index (χ0v) is 12.1. The lowest BCUT2D eigenvalue weighted by Crippen LogP contribution is -2.29. The fraction of sp³-hybridized carbons (Fsp3) is 0.294. The van der Waals surface area contributed by atoms with E-state index in [1.807, 2.05) is 0 Å². The van der Waals surface area contributed by atoms with Gasteiger partial charge in [-0.25, -0.2) is 0 Å². The van der Waals surface area contributed by atoms with Crippen molar-refractivity contribution in [3.63, 3.8) is 0 Å². The van der Waals surface area contributed by atoms with Gasteiger partial charge >= 0.3 is 0 Å². The van der Waals surface area contributed by atoms with Gasteiger partial charge in [-0.2, -0.15) is 0 Å². The van der Waals surface area contributed by atoms with Crippen LogP contribution in [0.3, 0.4) is 0 Å². The summed E-state index contributed by atoms with van der Waals surface area (Å²) in [5.74, 6) is 0. The molecule has 1 atom stereocenters. The lowest BCUT2D eigenvalue weighted by molar-refractivity contribution is 0.282. The van der Waals surface area contributed by atoms with Crippen molar-refractivity contribution in [2.75, 3.05) is 13.1 Å². The van der Waals surface area contributed by atoms with Gasteiger partial charge in [-0.3, -0.25) is 4.90 Å². The summed E-state index contributed by atoms with van der Waals surface area (Å²) in [4.78, 5) is 2.54. The first-order valence-corrected chi connectivity index (χ1v) is 7.02. The van der Waals surface area contributed by atoms with E-state index in [0.717, 1.165) is 19.5 Å². The summed E-state index contributed by atoms with van der Waals surface area (Å²) in [5, 5.41) is 0. The molecule has 2 aromatic carbocycles. The molecule has 0 bridgehead atoms. The lowest BCUT2D eigenvalue weighted by atomic mass is 10.0. The monoisotopic (exact) mass is 286 g/mol. The Kier molecular flexibility index (Phi) is 3.55. The Morgan fingerprint density at radius 2 is 1.45 bits per heavy atom. The van der Waals surface area contributed by atoms with Crippen molar-refractivity contribution in [2.45, 2.75) is 18.5 Å². The molecular formula is C17H19ClN2. The fourth-order valence-corrected chi connectivity index (χ4v) is 3.57. The highest BCUT2D eigenvalue weighted by Crippen LogP contribution is 2.46. The van der Waals surface area contributed by atoms with Crippen LogP contribution in [-0.4, -0.2) is 24.0 Å². The molecule has 20 heavy (non-hydrogen) atoms. The molecule has 1 aliphatic carbocycles. The molecule has 2 aliphatic rings. The van der Waals surface area contributed by atoms with Gasteiger partial charge in [0.2, 0.25) is 0 Å². The number of likely N-dealkylation sites (tertiary alicyclic amines) is 1. The van der Waals surface area contributed by atoms with Crippen molar-refractivity contribution < 1.29 is 0 Å². The molecule has 0 unspecified atom stereocenters. The highest BCUT2D eigenvalue weighted by atomic mass is 35.5. The second-order valence-electron chi connectivity index (χ2n) is 5.62. The largest absolute Gasteiger partial charge is 0.326 e. The Labute approximate surface area is 126 Å². The second-order valence-corrected chi connectivity index (χ2v) is 5.62. The van der Waals surface area contributed by atoms with Gasteiger partial charge in [0.25, 0.3) is 0 Å². The van der Waals surface area contributed by atoms with Crippen molar-refractivity contribution in [3.8, 4) is 11.1 Å². The first-order chi connectivity index (χ1) is 9.34. The van der Waals surface area contributed by atoms with Crippen LogP contribution in [0, 0.1) is 0 Å². The summed E-state index contributed by atoms with van der Waals surface area (Å²) in [5.41, 5.74) is 11.8. The molecule has 104 valence electrons. The highest BCUT2D eigenvalue weighted by Gasteiger charge is 2.35. The van der Waals surface area contributed by atoms with Crippen LogP contribution in [0.15, 0.2) is 48.5 Å². The Morgan fingerprint density at radius 1 is 0.900 bits per heavy atom. The number of fused-ring (bicyclic) bond motifs is 3. The molecule has 1 saturated heterocycles. The lowest BCUT2D eigenvalue weighted by Gasteiger charge is -2.25. The van der Waals surface area contributed by atoms with Crippen LogP contribution in [0.25, 0.3) is 11.1 Å². The second kappa shape index (κ2) is 5.21. The zero-order valence-electron chi connectivity index (χ0n) is 11.3. The zero-order chi connectivity index (χ0) is 12.8. The fourth-order valence-electron chi connectivity index (χ4n) is 3.57. The molecule has 0 radical (unpaired) electrons. The van der Waals surface area contributed by atoms with Gasteiger partial charge in [-0.1, -0.05) is 48.5 Å². The third-order valence-corrected chi connectivity index (χ3v) is 4.42. The highest BCUT2D eigenvalue weighted by molar-refractivity contribution is 5.85. The van der Waals surface area contributed by atoms with Gasteiger partial charge in [0, 0.05) is 19.1 Å². The van der Waals surface area contributed by atoms with Gasteiger partial charge in [-0.05, 0) is 28.7 Å². The minimum atomic E-state index is 0. The van der Waals surface area contributed by atoms with E-state index in [-0.39, 0.29) is 12.4 Å². The molecule has 1 fully saturated rings. The smallest absolute Gasteiger partial charge is 0.0614 e. The maximum absolute atomic E-state index is 6.09. The van der Waals surface area contributed by atoms with E-state index in [1.54, 1.807) is 0 Å². The van der Waals surface area contributed by atoms with Crippen LogP contribution < -0.4 is 5.73 Å². The average molecular weight is 287 g/mol. The third kappa shape index (κ3) is 1.96. The van der Waals surface area contributed by atoms with Gasteiger partial charge in [-0.15, -0.1) is 12.4 Å². The first-order valence-electron chi connectivity index (χ1n) is 7.02. The molecule has 0 spiro atoms. The molecule has 2 N–H and O–H groups in total. The molecule has 1 aliphatic heterocycles. The Hall–Kier alpha value is -1.35. The summed E-state index contributed by atoms with van der Waals surface area (Å²) in [7, 11) is 0. The van der Waals surface area contributed by atoms with Gasteiger partial charge in [0.05, 0.1) is 6.04 Å². The van der Waals surface area contributed by atoms with Crippen molar-refractivity contribution in [3.05, 3.63) is 59.7 Å². The van der Waals surface area contributed by atoms with E-state index in [9.17, 15) is 0 Å². The van der Waals surface area contributed by atoms with Crippen LogP contribution in [0.4, 0.5) is 0 Å². The molecule has 0 saturated carbocycles. The first kappa shape index (κ1) is 13.6. The van der Waals surface area contributed by atoms with Crippen LogP contribution in [0.1, 0.15) is 23.6 Å². The molecule has 2 aromatic rings. The van der Waals surface area contributed by atoms with E-state index in [1.165, 1.54) is 22.3 Å². The minimum absolute atomic E-state index is 0. The molecule has 1 heterocycles. The molecular weight excluding hydrogens is 268 g/mol. The number of nitrogens with zero attached hydrogens (tertiary/aromatic N) is 1. The van der Waals surface area contributed by atoms with Crippen molar-refractivity contribution in [1.29, 1.82) is 0 Å². The van der Waals surface area contributed by atoms with Crippen LogP contribution in [0.2, 0.25) is 0 Å². The molecule has 0 amide bonds. The van der Waals surface area contributed by atoms with E-state index >= 15 is 0 Å². The predicted octanol–water partition coefficient (Wildman–Crippen LogP) is 3.21. The summed E-state index contributed by atoms with van der Waals surface area (Å²) in [6.07, 6.45) is 1.11. The molecule has 3 heteroatoms. The number of benzene rings is 2. The quantitative estimate of drug-likeness (QED) is 0.872. The van der Waals surface area contributed by atoms with E-state index in [0.29, 0.717) is 12.1 Å². The molecule has 2 nitrogen and oxygen atoms in total. The number of nitrogens with two attached hydrogens (primary N) is 1. The normalized spacial score (nSPS) is 21.4. The topological polar surface area (TPSA) is 29.3 Å². The molecule has 4 rings (SSSR count). The van der Waals surface area contributed by atoms with E-state index < -0.39 is 0 Å². The maximum atomic E-state index is 6.09. The summed E-state index contributed by atoms with van der Waals surface area (Å²) < 4.78 is 0. The van der Waals surface area contributed by atoms with E-state index in [4.69, 9.17) is 5.73 Å². The number of hydrogen-bond acceptors (Lipinski definition) is 2. The summed E-state index contributed by atoms with van der Waals surface area (Å²) in [6.45, 7) is 2.11. The number of halogens is 1. The number of rotatable bonds is 1. The van der Waals surface area contributed by atoms with Crippen molar-refractivity contribution >= 4 is 12.4 Å². The SMILES string of the molecule is Cl.N[C@H]1CCN(C2c3ccccc3-c3ccccc32)C1. The summed E-state index contributed by atoms with van der Waals surface area (Å²) >= 11 is 0. The van der Waals surface area contributed by atoms with E-state index in [2.05, 4.69) is 53.4 Å². The molecule has 0 aromatic heterocycles. The van der Waals surface area contributed by atoms with Crippen molar-refractivity contribution in [1.82, 2.24) is 4.90 Å². The standard InChI is InChI=1S/C17H18N2.ClH/c18-12-9-10-19(11-12)17-15-7-3-1-5-13(15)14-6-2-4-8-16(14)17;/h1-8,12,17H,9-11,18H2;1H/t12-;/m0./s1. The van der Waals surface area contributed by atoms with Gasteiger partial charge < -0.3 is 5.73 Å². The Balaban J connectivity index is 0.00000121. The van der Waals surface area contributed by atoms with Gasteiger partial charge in [0.1, 0.15) is 0 Å². The van der Waals surface area contributed by atoms with Gasteiger partial charge in [0.15, 0.2) is 0 Å². The Morgan fingerprint density at radius 3 is 1.95 bits per heavy atom. The average Bonchev–Trinajstić information content (AvgIpc) is 3.00. The number of hydrogen-bond donors (Lipinski definition) is 1.